The molecule has 0 spiro atoms. The minimum atomic E-state index is 0.115. The van der Waals surface area contributed by atoms with Crippen LogP contribution in [0.1, 0.15) is 94.7 Å². The average Bonchev–Trinajstić information content (AvgIpc) is 3.05. The third-order valence-corrected chi connectivity index (χ3v) is 8.47. The first-order valence-corrected chi connectivity index (χ1v) is 17.0. The van der Waals surface area contributed by atoms with E-state index in [0.29, 0.717) is 18.1 Å². The molecule has 0 aromatic heterocycles. The number of ketones is 1. The molecular formula is C41H55NO3. The minimum Gasteiger partial charge on any atom is -0.497 e. The zero-order valence-corrected chi connectivity index (χ0v) is 28.4. The number of Topliss-reactive ketones (excluding diaryl/α,β-unsaturated/α-hetero) is 1. The van der Waals surface area contributed by atoms with Crippen LogP contribution in [0.3, 0.4) is 0 Å². The summed E-state index contributed by atoms with van der Waals surface area (Å²) in [4.78, 5) is 15.4. The van der Waals surface area contributed by atoms with Crippen LogP contribution in [0.25, 0.3) is 0 Å². The topological polar surface area (TPSA) is 38.8 Å². The Morgan fingerprint density at radius 3 is 2.20 bits per heavy atom. The lowest BCUT2D eigenvalue weighted by Gasteiger charge is -2.24. The third-order valence-electron chi connectivity index (χ3n) is 8.47. The molecule has 0 saturated carbocycles. The third kappa shape index (κ3) is 14.4. The predicted molar refractivity (Wildman–Crippen MR) is 188 cm³/mol. The molecule has 0 N–H and O–H groups in total. The van der Waals surface area contributed by atoms with Crippen LogP contribution in [0, 0.1) is 23.7 Å². The highest BCUT2D eigenvalue weighted by Crippen LogP contribution is 2.25. The van der Waals surface area contributed by atoms with Gasteiger partial charge in [0.1, 0.15) is 23.4 Å². The Morgan fingerprint density at radius 2 is 1.49 bits per heavy atom. The van der Waals surface area contributed by atoms with E-state index >= 15 is 0 Å². The number of likely N-dealkylation sites (N-methyl/N-ethyl adjacent to an activating group) is 1. The number of ether oxygens (including phenoxy) is 2. The van der Waals surface area contributed by atoms with E-state index in [1.54, 1.807) is 7.11 Å². The van der Waals surface area contributed by atoms with Crippen molar-refractivity contribution < 1.29 is 14.3 Å². The van der Waals surface area contributed by atoms with Gasteiger partial charge < -0.3 is 14.4 Å². The van der Waals surface area contributed by atoms with Crippen LogP contribution >= 0.6 is 0 Å². The Morgan fingerprint density at radius 1 is 0.778 bits per heavy atom. The molecule has 0 aliphatic carbocycles. The van der Waals surface area contributed by atoms with E-state index in [-0.39, 0.29) is 12.0 Å². The normalized spacial score (nSPS) is 13.0. The summed E-state index contributed by atoms with van der Waals surface area (Å²) < 4.78 is 11.8. The number of aryl methyl sites for hydroxylation is 1. The average molecular weight is 610 g/mol. The molecule has 3 aromatic carbocycles. The zero-order valence-electron chi connectivity index (χ0n) is 28.4. The van der Waals surface area contributed by atoms with Crippen molar-refractivity contribution in [1.82, 2.24) is 4.90 Å². The summed E-state index contributed by atoms with van der Waals surface area (Å²) in [5.41, 5.74) is 3.24. The van der Waals surface area contributed by atoms with Crippen LogP contribution < -0.4 is 9.47 Å². The maximum atomic E-state index is 13.2. The zero-order chi connectivity index (χ0) is 32.3. The monoisotopic (exact) mass is 609 g/mol. The summed E-state index contributed by atoms with van der Waals surface area (Å²) in [7, 11) is 5.89. The van der Waals surface area contributed by atoms with Gasteiger partial charge in [-0.3, -0.25) is 4.79 Å². The van der Waals surface area contributed by atoms with Gasteiger partial charge in [0.25, 0.3) is 0 Å². The van der Waals surface area contributed by atoms with Gasteiger partial charge in [0.15, 0.2) is 0 Å². The van der Waals surface area contributed by atoms with E-state index in [1.165, 1.54) is 5.56 Å². The molecule has 242 valence electrons. The lowest BCUT2D eigenvalue weighted by Crippen LogP contribution is -2.31. The van der Waals surface area contributed by atoms with Crippen LogP contribution in [0.4, 0.5) is 0 Å². The number of methoxy groups -OCH3 is 1. The quantitative estimate of drug-likeness (QED) is 0.120. The highest BCUT2D eigenvalue weighted by Gasteiger charge is 2.19. The molecule has 4 heteroatoms. The SMILES string of the molecule is CCCCC(CCCC(C)CC[C@@H](CN(C)C)Oc1cccc(C#Cc2ccccc2)c1)C(=O)CCCc1ccc(OC)cc1. The first-order valence-electron chi connectivity index (χ1n) is 17.0. The minimum absolute atomic E-state index is 0.115. The van der Waals surface area contributed by atoms with Gasteiger partial charge in [-0.05, 0) is 107 Å². The second-order valence-corrected chi connectivity index (χ2v) is 12.8. The Kier molecular flexibility index (Phi) is 16.3. The van der Waals surface area contributed by atoms with Crippen molar-refractivity contribution in [2.24, 2.45) is 11.8 Å². The molecule has 0 aliphatic rings. The Labute approximate surface area is 273 Å². The van der Waals surface area contributed by atoms with Crippen molar-refractivity contribution in [2.75, 3.05) is 27.7 Å². The first-order chi connectivity index (χ1) is 21.9. The fourth-order valence-electron chi connectivity index (χ4n) is 5.81. The number of rotatable bonds is 20. The van der Waals surface area contributed by atoms with Crippen LogP contribution in [0.15, 0.2) is 78.9 Å². The Hall–Kier alpha value is -3.55. The largest absolute Gasteiger partial charge is 0.497 e. The van der Waals surface area contributed by atoms with Gasteiger partial charge in [0, 0.05) is 30.0 Å². The standard InChI is InChI=1S/C41H55NO3/c1-6-7-19-37(41(43)22-13-17-35-26-29-38(44-5)30-27-35)20-11-14-33(2)23-28-40(32-42(3)4)45-39-21-12-18-36(31-39)25-24-34-15-9-8-10-16-34/h8-10,12,15-16,18,21,26-27,29-31,33,37,40H,6-7,11,13-14,17,19-20,22-23,28,32H2,1-5H3/t33?,37?,40-/m0/s1. The number of benzene rings is 3. The number of nitrogens with zero attached hydrogens (tertiary/aromatic N) is 1. The van der Waals surface area contributed by atoms with E-state index < -0.39 is 0 Å². The van der Waals surface area contributed by atoms with Crippen molar-refractivity contribution in [3.8, 4) is 23.3 Å². The lowest BCUT2D eigenvalue weighted by atomic mass is 9.87. The fraction of sp³-hybridized carbons (Fsp3) is 0.488. The highest BCUT2D eigenvalue weighted by molar-refractivity contribution is 5.80. The summed E-state index contributed by atoms with van der Waals surface area (Å²) in [6.45, 7) is 5.44. The highest BCUT2D eigenvalue weighted by atomic mass is 16.5. The van der Waals surface area contributed by atoms with Crippen molar-refractivity contribution in [2.45, 2.75) is 90.6 Å². The molecule has 45 heavy (non-hydrogen) atoms. The van der Waals surface area contributed by atoms with Crippen LogP contribution in [0.5, 0.6) is 11.5 Å². The fourth-order valence-corrected chi connectivity index (χ4v) is 5.81. The molecule has 2 unspecified atom stereocenters. The molecule has 0 aliphatic heterocycles. The molecule has 4 nitrogen and oxygen atoms in total. The van der Waals surface area contributed by atoms with Crippen molar-refractivity contribution >= 4 is 5.78 Å². The lowest BCUT2D eigenvalue weighted by molar-refractivity contribution is -0.123. The van der Waals surface area contributed by atoms with Crippen molar-refractivity contribution in [3.05, 3.63) is 95.6 Å². The summed E-state index contributed by atoms with van der Waals surface area (Å²) >= 11 is 0. The van der Waals surface area contributed by atoms with Gasteiger partial charge in [-0.15, -0.1) is 0 Å². The molecule has 3 rings (SSSR count). The smallest absolute Gasteiger partial charge is 0.135 e. The summed E-state index contributed by atoms with van der Waals surface area (Å²) in [6.07, 6.45) is 11.3. The van der Waals surface area contributed by atoms with Crippen LogP contribution in [0.2, 0.25) is 0 Å². The summed E-state index contributed by atoms with van der Waals surface area (Å²) in [5.74, 6) is 9.52. The maximum absolute atomic E-state index is 13.2. The van der Waals surface area contributed by atoms with E-state index in [2.05, 4.69) is 56.8 Å². The van der Waals surface area contributed by atoms with Gasteiger partial charge in [-0.1, -0.05) is 87.8 Å². The second kappa shape index (κ2) is 20.5. The van der Waals surface area contributed by atoms with E-state index in [1.807, 2.05) is 66.7 Å². The summed E-state index contributed by atoms with van der Waals surface area (Å²) in [6, 6.07) is 26.4. The van der Waals surface area contributed by atoms with Gasteiger partial charge >= 0.3 is 0 Å². The maximum Gasteiger partial charge on any atom is 0.135 e. The van der Waals surface area contributed by atoms with Gasteiger partial charge in [-0.25, -0.2) is 0 Å². The molecule has 0 bridgehead atoms. The first kappa shape index (κ1) is 35.9. The van der Waals surface area contributed by atoms with Crippen molar-refractivity contribution in [1.29, 1.82) is 0 Å². The second-order valence-electron chi connectivity index (χ2n) is 12.8. The number of unbranched alkanes of at least 4 members (excludes halogenated alkanes) is 1. The van der Waals surface area contributed by atoms with Gasteiger partial charge in [-0.2, -0.15) is 0 Å². The van der Waals surface area contributed by atoms with Crippen molar-refractivity contribution in [3.63, 3.8) is 0 Å². The molecule has 3 atom stereocenters. The Balaban J connectivity index is 1.45. The van der Waals surface area contributed by atoms with E-state index in [0.717, 1.165) is 93.4 Å². The molecule has 3 aromatic rings. The molecule has 0 fully saturated rings. The number of carbonyl (C=O) groups is 1. The summed E-state index contributed by atoms with van der Waals surface area (Å²) in [5, 5.41) is 0. The number of carbonyl (C=O) groups excluding carboxylic acids is 1. The van der Waals surface area contributed by atoms with Gasteiger partial charge in [0.05, 0.1) is 7.11 Å². The number of hydrogen-bond acceptors (Lipinski definition) is 4. The van der Waals surface area contributed by atoms with E-state index in [4.69, 9.17) is 9.47 Å². The molecule has 0 saturated heterocycles. The molecule has 0 radical (unpaired) electrons. The molecular weight excluding hydrogens is 554 g/mol. The van der Waals surface area contributed by atoms with Gasteiger partial charge in [0.2, 0.25) is 0 Å². The van der Waals surface area contributed by atoms with E-state index in [9.17, 15) is 4.79 Å². The molecule has 0 heterocycles. The molecule has 0 amide bonds. The predicted octanol–water partition coefficient (Wildman–Crippen LogP) is 9.39. The number of hydrogen-bond donors (Lipinski definition) is 0. The Bertz CT molecular complexity index is 1310. The van der Waals surface area contributed by atoms with Crippen LogP contribution in [-0.2, 0) is 11.2 Å². The van der Waals surface area contributed by atoms with Crippen LogP contribution in [-0.4, -0.2) is 44.5 Å².